The zero-order valence-corrected chi connectivity index (χ0v) is 8.69. The van der Waals surface area contributed by atoms with Crippen LogP contribution < -0.4 is 11.1 Å². The van der Waals surface area contributed by atoms with Crippen LogP contribution in [0.4, 0.5) is 5.69 Å². The molecule has 6 nitrogen and oxygen atoms in total. The molecule has 0 aliphatic carbocycles. The number of rotatable bonds is 3. The SMILES string of the molecule is COC(=O)CNC(=O)c1cccc(N)c1O. The van der Waals surface area contributed by atoms with E-state index in [0.717, 1.165) is 0 Å². The van der Waals surface area contributed by atoms with Gasteiger partial charge < -0.3 is 20.9 Å². The zero-order valence-electron chi connectivity index (χ0n) is 8.69. The molecule has 0 radical (unpaired) electrons. The number of aromatic hydroxyl groups is 1. The van der Waals surface area contributed by atoms with E-state index in [1.54, 1.807) is 0 Å². The molecule has 4 N–H and O–H groups in total. The molecule has 0 aliphatic heterocycles. The second-order valence-electron chi connectivity index (χ2n) is 3.00. The van der Waals surface area contributed by atoms with Gasteiger partial charge in [0, 0.05) is 0 Å². The van der Waals surface area contributed by atoms with Gasteiger partial charge >= 0.3 is 5.97 Å². The molecule has 16 heavy (non-hydrogen) atoms. The van der Waals surface area contributed by atoms with E-state index in [4.69, 9.17) is 5.73 Å². The first-order valence-corrected chi connectivity index (χ1v) is 4.48. The van der Waals surface area contributed by atoms with Gasteiger partial charge in [0.05, 0.1) is 18.4 Å². The first kappa shape index (κ1) is 11.8. The molecule has 0 atom stereocenters. The maximum atomic E-state index is 11.5. The molecule has 1 aromatic carbocycles. The second kappa shape index (κ2) is 5.01. The van der Waals surface area contributed by atoms with Crippen LogP contribution in [0.5, 0.6) is 5.75 Å². The number of ether oxygens (including phenoxy) is 1. The Morgan fingerprint density at radius 2 is 2.19 bits per heavy atom. The molecule has 0 aliphatic rings. The number of para-hydroxylation sites is 1. The molecule has 0 fully saturated rings. The Bertz CT molecular complexity index is 417. The summed E-state index contributed by atoms with van der Waals surface area (Å²) in [6, 6.07) is 4.40. The maximum absolute atomic E-state index is 11.5. The number of phenolic OH excluding ortho intramolecular Hbond substituents is 1. The van der Waals surface area contributed by atoms with Crippen LogP contribution in [0.1, 0.15) is 10.4 Å². The highest BCUT2D eigenvalue weighted by atomic mass is 16.5. The third-order valence-corrected chi connectivity index (χ3v) is 1.93. The van der Waals surface area contributed by atoms with Gasteiger partial charge in [0.2, 0.25) is 0 Å². The third kappa shape index (κ3) is 2.63. The number of hydrogen-bond donors (Lipinski definition) is 3. The topological polar surface area (TPSA) is 102 Å². The zero-order chi connectivity index (χ0) is 12.1. The van der Waals surface area contributed by atoms with Gasteiger partial charge in [-0.05, 0) is 12.1 Å². The number of anilines is 1. The first-order chi connectivity index (χ1) is 7.56. The lowest BCUT2D eigenvalue weighted by atomic mass is 10.1. The van der Waals surface area contributed by atoms with Crippen molar-refractivity contribution in [3.8, 4) is 5.75 Å². The number of hydrogen-bond acceptors (Lipinski definition) is 5. The van der Waals surface area contributed by atoms with E-state index in [9.17, 15) is 14.7 Å². The van der Waals surface area contributed by atoms with E-state index in [1.807, 2.05) is 0 Å². The molecule has 0 unspecified atom stereocenters. The number of amides is 1. The van der Waals surface area contributed by atoms with E-state index in [0.29, 0.717) is 0 Å². The maximum Gasteiger partial charge on any atom is 0.325 e. The smallest absolute Gasteiger partial charge is 0.325 e. The average Bonchev–Trinajstić information content (AvgIpc) is 2.29. The molecule has 0 heterocycles. The van der Waals surface area contributed by atoms with E-state index in [-0.39, 0.29) is 23.5 Å². The number of nitrogens with two attached hydrogens (primary N) is 1. The van der Waals surface area contributed by atoms with Crippen LogP contribution >= 0.6 is 0 Å². The summed E-state index contributed by atoms with van der Waals surface area (Å²) in [6.45, 7) is -0.260. The van der Waals surface area contributed by atoms with Crippen molar-refractivity contribution in [3.63, 3.8) is 0 Å². The Hall–Kier alpha value is -2.24. The highest BCUT2D eigenvalue weighted by molar-refractivity contribution is 5.99. The minimum atomic E-state index is -0.588. The summed E-state index contributed by atoms with van der Waals surface area (Å²) in [4.78, 5) is 22.3. The largest absolute Gasteiger partial charge is 0.505 e. The van der Waals surface area contributed by atoms with Gasteiger partial charge in [-0.25, -0.2) is 0 Å². The molecule has 0 bridgehead atoms. The van der Waals surface area contributed by atoms with Crippen LogP contribution in [0.3, 0.4) is 0 Å². The van der Waals surface area contributed by atoms with Crippen LogP contribution in [0.25, 0.3) is 0 Å². The fourth-order valence-corrected chi connectivity index (χ4v) is 1.06. The van der Waals surface area contributed by atoms with Crippen LogP contribution in [0, 0.1) is 0 Å². The number of nitrogen functional groups attached to an aromatic ring is 1. The average molecular weight is 224 g/mol. The summed E-state index contributed by atoms with van der Waals surface area (Å²) in [5.74, 6) is -1.46. The lowest BCUT2D eigenvalue weighted by Crippen LogP contribution is -2.30. The quantitative estimate of drug-likeness (QED) is 0.377. The van der Waals surface area contributed by atoms with Crippen molar-refractivity contribution in [2.45, 2.75) is 0 Å². The molecule has 0 spiro atoms. The number of phenols is 1. The Morgan fingerprint density at radius 3 is 2.81 bits per heavy atom. The van der Waals surface area contributed by atoms with Crippen molar-refractivity contribution in [2.24, 2.45) is 0 Å². The molecule has 0 aromatic heterocycles. The number of carbonyl (C=O) groups is 2. The normalized spacial score (nSPS) is 9.56. The highest BCUT2D eigenvalue weighted by Crippen LogP contribution is 2.23. The predicted octanol–water partition coefficient (Wildman–Crippen LogP) is -0.123. The molecule has 86 valence electrons. The molecule has 6 heteroatoms. The minimum Gasteiger partial charge on any atom is -0.505 e. The molecular weight excluding hydrogens is 212 g/mol. The fourth-order valence-electron chi connectivity index (χ4n) is 1.06. The third-order valence-electron chi connectivity index (χ3n) is 1.93. The summed E-state index contributed by atoms with van der Waals surface area (Å²) in [5, 5.41) is 11.8. The Kier molecular flexibility index (Phi) is 3.71. The lowest BCUT2D eigenvalue weighted by Gasteiger charge is -2.07. The standard InChI is InChI=1S/C10H12N2O4/c1-16-8(13)5-12-10(15)6-3-2-4-7(11)9(6)14/h2-4,14H,5,11H2,1H3,(H,12,15). The first-order valence-electron chi connectivity index (χ1n) is 4.48. The van der Waals surface area contributed by atoms with E-state index in [1.165, 1.54) is 25.3 Å². The molecule has 1 aromatic rings. The van der Waals surface area contributed by atoms with Crippen molar-refractivity contribution in [3.05, 3.63) is 23.8 Å². The number of methoxy groups -OCH3 is 1. The Morgan fingerprint density at radius 1 is 1.50 bits per heavy atom. The molecule has 1 amide bonds. The molecule has 0 saturated heterocycles. The van der Waals surface area contributed by atoms with Gasteiger partial charge in [0.15, 0.2) is 5.75 Å². The summed E-state index contributed by atoms with van der Waals surface area (Å²) >= 11 is 0. The Balaban J connectivity index is 2.74. The number of esters is 1. The molecule has 1 rings (SSSR count). The highest BCUT2D eigenvalue weighted by Gasteiger charge is 2.13. The monoisotopic (exact) mass is 224 g/mol. The summed E-state index contributed by atoms with van der Waals surface area (Å²) in [6.07, 6.45) is 0. The Labute approximate surface area is 92.0 Å². The van der Waals surface area contributed by atoms with Crippen molar-refractivity contribution in [1.82, 2.24) is 5.32 Å². The van der Waals surface area contributed by atoms with E-state index < -0.39 is 11.9 Å². The second-order valence-corrected chi connectivity index (χ2v) is 3.00. The van der Waals surface area contributed by atoms with Gasteiger partial charge in [-0.15, -0.1) is 0 Å². The van der Waals surface area contributed by atoms with Gasteiger partial charge in [-0.1, -0.05) is 6.07 Å². The fraction of sp³-hybridized carbons (Fsp3) is 0.200. The number of benzene rings is 1. The van der Waals surface area contributed by atoms with E-state index >= 15 is 0 Å². The predicted molar refractivity (Wildman–Crippen MR) is 56.9 cm³/mol. The van der Waals surface area contributed by atoms with Crippen LogP contribution in [0.2, 0.25) is 0 Å². The van der Waals surface area contributed by atoms with Gasteiger partial charge in [0.25, 0.3) is 5.91 Å². The van der Waals surface area contributed by atoms with Crippen LogP contribution in [-0.4, -0.2) is 30.6 Å². The summed E-state index contributed by atoms with van der Waals surface area (Å²) < 4.78 is 4.35. The summed E-state index contributed by atoms with van der Waals surface area (Å²) in [5.41, 5.74) is 5.54. The van der Waals surface area contributed by atoms with Gasteiger partial charge in [-0.3, -0.25) is 9.59 Å². The van der Waals surface area contributed by atoms with Crippen LogP contribution in [0.15, 0.2) is 18.2 Å². The van der Waals surface area contributed by atoms with Crippen LogP contribution in [-0.2, 0) is 9.53 Å². The van der Waals surface area contributed by atoms with Gasteiger partial charge in [0.1, 0.15) is 6.54 Å². The van der Waals surface area contributed by atoms with E-state index in [2.05, 4.69) is 10.1 Å². The van der Waals surface area contributed by atoms with Gasteiger partial charge in [-0.2, -0.15) is 0 Å². The van der Waals surface area contributed by atoms with Crippen molar-refractivity contribution in [2.75, 3.05) is 19.4 Å². The minimum absolute atomic E-state index is 0.0175. The number of carbonyl (C=O) groups excluding carboxylic acids is 2. The van der Waals surface area contributed by atoms with Crippen molar-refractivity contribution < 1.29 is 19.4 Å². The lowest BCUT2D eigenvalue weighted by molar-refractivity contribution is -0.139. The van der Waals surface area contributed by atoms with Crippen molar-refractivity contribution >= 4 is 17.6 Å². The molecular formula is C10H12N2O4. The molecule has 0 saturated carbocycles. The van der Waals surface area contributed by atoms with Crippen molar-refractivity contribution in [1.29, 1.82) is 0 Å². The number of nitrogens with one attached hydrogen (secondary N) is 1. The summed E-state index contributed by atoms with van der Waals surface area (Å²) in [7, 11) is 1.21.